The minimum atomic E-state index is -0.157. The van der Waals surface area contributed by atoms with Gasteiger partial charge in [0.25, 0.3) is 0 Å². The van der Waals surface area contributed by atoms with Gasteiger partial charge in [0.05, 0.1) is 11.1 Å². The minimum absolute atomic E-state index is 0.0716. The normalized spacial score (nSPS) is 13.3. The molecule has 2 amide bonds. The van der Waals surface area contributed by atoms with E-state index in [4.69, 9.17) is 4.98 Å². The lowest BCUT2D eigenvalue weighted by Gasteiger charge is -2.10. The molecule has 5 rings (SSSR count). The highest BCUT2D eigenvalue weighted by Crippen LogP contribution is 2.38. The van der Waals surface area contributed by atoms with E-state index in [1.807, 2.05) is 11.3 Å². The van der Waals surface area contributed by atoms with Gasteiger partial charge in [-0.3, -0.25) is 14.0 Å². The Labute approximate surface area is 199 Å². The van der Waals surface area contributed by atoms with Crippen LogP contribution in [0.5, 0.6) is 0 Å². The van der Waals surface area contributed by atoms with Crippen molar-refractivity contribution >= 4 is 62.2 Å². The zero-order valence-corrected chi connectivity index (χ0v) is 20.1. The number of nitrogens with zero attached hydrogens (tertiary/aromatic N) is 4. The van der Waals surface area contributed by atoms with Crippen LogP contribution < -0.4 is 10.6 Å². The Morgan fingerprint density at radius 1 is 1.12 bits per heavy atom. The van der Waals surface area contributed by atoms with E-state index in [9.17, 15) is 9.59 Å². The number of anilines is 2. The number of rotatable bonds is 6. The predicted octanol–water partition coefficient (Wildman–Crippen LogP) is 4.61. The number of aryl methyl sites for hydroxylation is 3. The molecular formula is C23H24N6O2S2. The Morgan fingerprint density at radius 3 is 2.67 bits per heavy atom. The maximum Gasteiger partial charge on any atom is 0.234 e. The number of hydrogen-bond donors (Lipinski definition) is 2. The highest BCUT2D eigenvalue weighted by molar-refractivity contribution is 7.99. The quantitative estimate of drug-likeness (QED) is 0.391. The van der Waals surface area contributed by atoms with Gasteiger partial charge in [0, 0.05) is 22.7 Å². The third-order valence-electron chi connectivity index (χ3n) is 5.68. The number of aromatic nitrogens is 4. The molecule has 0 unspecified atom stereocenters. The summed E-state index contributed by atoms with van der Waals surface area (Å²) >= 11 is 3.11. The van der Waals surface area contributed by atoms with Crippen molar-refractivity contribution in [2.75, 3.05) is 16.4 Å². The molecule has 0 fully saturated rings. The molecule has 0 bridgehead atoms. The number of carbonyl (C=O) groups excluding carboxylic acids is 2. The Bertz CT molecular complexity index is 1380. The minimum Gasteiger partial charge on any atom is -0.326 e. The molecule has 0 saturated heterocycles. The number of thioether (sulfide) groups is 1. The molecule has 1 aliphatic carbocycles. The summed E-state index contributed by atoms with van der Waals surface area (Å²) in [5.74, 6) is 0.780. The van der Waals surface area contributed by atoms with Crippen LogP contribution in [0.25, 0.3) is 15.9 Å². The molecule has 0 saturated carbocycles. The number of hydrogen-bond acceptors (Lipinski definition) is 7. The molecule has 10 heteroatoms. The van der Waals surface area contributed by atoms with Gasteiger partial charge in [0.2, 0.25) is 11.8 Å². The molecule has 170 valence electrons. The molecule has 3 aromatic heterocycles. The summed E-state index contributed by atoms with van der Waals surface area (Å²) < 4.78 is 1.96. The summed E-state index contributed by atoms with van der Waals surface area (Å²) in [6.45, 7) is 3.75. The summed E-state index contributed by atoms with van der Waals surface area (Å²) in [6, 6.07) is 7.12. The largest absolute Gasteiger partial charge is 0.326 e. The van der Waals surface area contributed by atoms with Crippen LogP contribution in [0.1, 0.15) is 42.5 Å². The first kappa shape index (κ1) is 21.8. The van der Waals surface area contributed by atoms with Gasteiger partial charge in [-0.25, -0.2) is 4.98 Å². The molecule has 0 aliphatic heterocycles. The van der Waals surface area contributed by atoms with Gasteiger partial charge >= 0.3 is 0 Å². The van der Waals surface area contributed by atoms with Crippen molar-refractivity contribution < 1.29 is 9.59 Å². The first-order valence-electron chi connectivity index (χ1n) is 11.0. The molecule has 8 nitrogen and oxygen atoms in total. The van der Waals surface area contributed by atoms with Gasteiger partial charge < -0.3 is 10.6 Å². The number of benzene rings is 1. The highest BCUT2D eigenvalue weighted by Gasteiger charge is 2.22. The lowest BCUT2D eigenvalue weighted by atomic mass is 9.97. The summed E-state index contributed by atoms with van der Waals surface area (Å²) in [4.78, 5) is 31.5. The van der Waals surface area contributed by atoms with E-state index >= 15 is 0 Å². The Kier molecular flexibility index (Phi) is 6.03. The number of carbonyl (C=O) groups is 2. The topological polar surface area (TPSA) is 101 Å². The summed E-state index contributed by atoms with van der Waals surface area (Å²) in [6.07, 6.45) is 4.99. The smallest absolute Gasteiger partial charge is 0.234 e. The number of fused-ring (bicyclic) bond motifs is 5. The predicted molar refractivity (Wildman–Crippen MR) is 132 cm³/mol. The maximum atomic E-state index is 12.6. The van der Waals surface area contributed by atoms with Crippen LogP contribution in [0.3, 0.4) is 0 Å². The average molecular weight is 481 g/mol. The van der Waals surface area contributed by atoms with Gasteiger partial charge in [-0.05, 0) is 56.4 Å². The van der Waals surface area contributed by atoms with Crippen molar-refractivity contribution in [3.63, 3.8) is 0 Å². The molecule has 0 spiro atoms. The molecule has 2 N–H and O–H groups in total. The fourth-order valence-electron chi connectivity index (χ4n) is 4.13. The number of thiophene rings is 1. The van der Waals surface area contributed by atoms with Gasteiger partial charge in [-0.1, -0.05) is 24.8 Å². The molecule has 1 aliphatic rings. The third-order valence-corrected chi connectivity index (χ3v) is 7.79. The number of amides is 2. The van der Waals surface area contributed by atoms with E-state index in [1.54, 1.807) is 42.5 Å². The Balaban J connectivity index is 1.33. The van der Waals surface area contributed by atoms with E-state index in [0.717, 1.165) is 34.5 Å². The standard InChI is InChI=1S/C23H24N6O2S2/c1-3-18(30)25-14-7-6-8-15(11-14)26-19(31)12-32-23-28-27-21-20-16-9-4-5-10-17(16)33-22(20)24-13(2)29(21)23/h6-8,11H,3-5,9-10,12H2,1-2H3,(H,25,30)(H,26,31). The van der Waals surface area contributed by atoms with Crippen molar-refractivity contribution in [3.8, 4) is 0 Å². The first-order valence-corrected chi connectivity index (χ1v) is 12.8. The highest BCUT2D eigenvalue weighted by atomic mass is 32.2. The summed E-state index contributed by atoms with van der Waals surface area (Å²) in [5, 5.41) is 16.3. The second-order valence-corrected chi connectivity index (χ2v) is 10.0. The van der Waals surface area contributed by atoms with Gasteiger partial charge in [-0.15, -0.1) is 21.5 Å². The van der Waals surface area contributed by atoms with E-state index < -0.39 is 0 Å². The zero-order valence-electron chi connectivity index (χ0n) is 18.5. The van der Waals surface area contributed by atoms with Crippen LogP contribution in [0.4, 0.5) is 11.4 Å². The van der Waals surface area contributed by atoms with E-state index in [1.165, 1.54) is 35.0 Å². The van der Waals surface area contributed by atoms with Gasteiger partial charge in [0.1, 0.15) is 10.7 Å². The van der Waals surface area contributed by atoms with Crippen LogP contribution in [0, 0.1) is 6.92 Å². The molecular weight excluding hydrogens is 456 g/mol. The van der Waals surface area contributed by atoms with E-state index in [2.05, 4.69) is 20.8 Å². The summed E-state index contributed by atoms with van der Waals surface area (Å²) in [7, 11) is 0. The van der Waals surface area contributed by atoms with Crippen LogP contribution in [0.15, 0.2) is 29.4 Å². The lowest BCUT2D eigenvalue weighted by Crippen LogP contribution is -2.15. The average Bonchev–Trinajstić information content (AvgIpc) is 3.39. The third kappa shape index (κ3) is 4.32. The summed E-state index contributed by atoms with van der Waals surface area (Å²) in [5.41, 5.74) is 3.49. The Morgan fingerprint density at radius 2 is 1.88 bits per heavy atom. The lowest BCUT2D eigenvalue weighted by molar-refractivity contribution is -0.116. The molecule has 4 aromatic rings. The molecule has 1 aromatic carbocycles. The van der Waals surface area contributed by atoms with Crippen molar-refractivity contribution in [2.45, 2.75) is 51.1 Å². The molecule has 0 atom stereocenters. The van der Waals surface area contributed by atoms with E-state index in [0.29, 0.717) is 23.0 Å². The second kappa shape index (κ2) is 9.11. The van der Waals surface area contributed by atoms with E-state index in [-0.39, 0.29) is 17.6 Å². The second-order valence-electron chi connectivity index (χ2n) is 8.01. The molecule has 33 heavy (non-hydrogen) atoms. The fraction of sp³-hybridized carbons (Fsp3) is 0.348. The van der Waals surface area contributed by atoms with Crippen LogP contribution in [-0.4, -0.2) is 37.1 Å². The van der Waals surface area contributed by atoms with Crippen molar-refractivity contribution in [2.24, 2.45) is 0 Å². The van der Waals surface area contributed by atoms with Crippen molar-refractivity contribution in [1.82, 2.24) is 19.6 Å². The molecule has 0 radical (unpaired) electrons. The van der Waals surface area contributed by atoms with Crippen molar-refractivity contribution in [1.29, 1.82) is 0 Å². The Hall–Kier alpha value is -2.98. The van der Waals surface area contributed by atoms with Crippen LogP contribution in [0.2, 0.25) is 0 Å². The number of nitrogens with one attached hydrogen (secondary N) is 2. The van der Waals surface area contributed by atoms with Crippen LogP contribution >= 0.6 is 23.1 Å². The monoisotopic (exact) mass is 480 g/mol. The van der Waals surface area contributed by atoms with Gasteiger partial charge in [-0.2, -0.15) is 0 Å². The van der Waals surface area contributed by atoms with Crippen LogP contribution in [-0.2, 0) is 22.4 Å². The zero-order chi connectivity index (χ0) is 22.9. The first-order chi connectivity index (χ1) is 16.0. The van der Waals surface area contributed by atoms with Gasteiger partial charge in [0.15, 0.2) is 10.8 Å². The SMILES string of the molecule is CCC(=O)Nc1cccc(NC(=O)CSc2nnc3c4c5c(sc4nc(C)n23)CCCC5)c1. The van der Waals surface area contributed by atoms with Crippen molar-refractivity contribution in [3.05, 3.63) is 40.5 Å². The molecule has 3 heterocycles. The maximum absolute atomic E-state index is 12.6. The fourth-order valence-corrected chi connectivity index (χ4v) is 6.21.